The van der Waals surface area contributed by atoms with Gasteiger partial charge in [0.25, 0.3) is 0 Å². The predicted octanol–water partition coefficient (Wildman–Crippen LogP) is 1.28. The molecule has 0 unspecified atom stereocenters. The maximum Gasteiger partial charge on any atom is 0.345 e. The number of aromatic amines is 1. The Labute approximate surface area is 98.7 Å². The number of nitrogens with two attached hydrogens (primary N) is 1. The van der Waals surface area contributed by atoms with Gasteiger partial charge in [0.1, 0.15) is 0 Å². The number of rotatable bonds is 3. The van der Waals surface area contributed by atoms with Crippen LogP contribution in [0.25, 0.3) is 0 Å². The van der Waals surface area contributed by atoms with Crippen molar-refractivity contribution in [1.29, 1.82) is 0 Å². The number of nitrogens with one attached hydrogen (secondary N) is 2. The smallest absolute Gasteiger partial charge is 0.345 e. The molecule has 2 rings (SSSR count). The van der Waals surface area contributed by atoms with Gasteiger partial charge in [0, 0.05) is 17.9 Å². The summed E-state index contributed by atoms with van der Waals surface area (Å²) < 4.78 is 0. The summed E-state index contributed by atoms with van der Waals surface area (Å²) in [7, 11) is 0. The molecular formula is C12H14N4O. The number of hydrogen-bond donors (Lipinski definition) is 3. The fraction of sp³-hybridized carbons (Fsp3) is 0.167. The maximum atomic E-state index is 11.0. The summed E-state index contributed by atoms with van der Waals surface area (Å²) >= 11 is 0. The van der Waals surface area contributed by atoms with E-state index in [4.69, 9.17) is 5.73 Å². The van der Waals surface area contributed by atoms with E-state index in [1.54, 1.807) is 0 Å². The lowest BCUT2D eigenvalue weighted by atomic mass is 10.2. The van der Waals surface area contributed by atoms with Gasteiger partial charge in [-0.2, -0.15) is 4.98 Å². The lowest BCUT2D eigenvalue weighted by molar-refractivity contribution is 1.03. The Morgan fingerprint density at radius 2 is 2.29 bits per heavy atom. The standard InChI is InChI=1S/C12H14N4O/c1-8-11(7-14-12(17)15-8)16-10-4-2-3-9(5-10)6-13/h2-5,7,16H,6,13H2,1H3,(H,14,15,17). The minimum atomic E-state index is -0.344. The highest BCUT2D eigenvalue weighted by molar-refractivity contribution is 5.61. The molecule has 0 atom stereocenters. The van der Waals surface area contributed by atoms with E-state index in [9.17, 15) is 4.79 Å². The summed E-state index contributed by atoms with van der Waals surface area (Å²) in [6.45, 7) is 2.32. The van der Waals surface area contributed by atoms with Gasteiger partial charge in [-0.05, 0) is 24.6 Å². The molecule has 2 aromatic rings. The molecule has 4 N–H and O–H groups in total. The zero-order chi connectivity index (χ0) is 12.3. The van der Waals surface area contributed by atoms with Crippen LogP contribution in [-0.2, 0) is 6.54 Å². The van der Waals surface area contributed by atoms with Crippen molar-refractivity contribution >= 4 is 11.4 Å². The first kappa shape index (κ1) is 11.3. The number of anilines is 2. The number of H-pyrrole nitrogens is 1. The van der Waals surface area contributed by atoms with Gasteiger partial charge < -0.3 is 16.0 Å². The number of aryl methyl sites for hydroxylation is 1. The molecule has 0 bridgehead atoms. The molecule has 1 aromatic heterocycles. The normalized spacial score (nSPS) is 10.2. The fourth-order valence-electron chi connectivity index (χ4n) is 1.54. The number of hydrogen-bond acceptors (Lipinski definition) is 4. The molecule has 0 aliphatic carbocycles. The topological polar surface area (TPSA) is 83.8 Å². The Morgan fingerprint density at radius 1 is 1.47 bits per heavy atom. The second-order valence-corrected chi connectivity index (χ2v) is 3.76. The first-order chi connectivity index (χ1) is 8.19. The summed E-state index contributed by atoms with van der Waals surface area (Å²) in [5.41, 5.74) is 8.73. The first-order valence-corrected chi connectivity index (χ1v) is 5.31. The fourth-order valence-corrected chi connectivity index (χ4v) is 1.54. The lowest BCUT2D eigenvalue weighted by Crippen LogP contribution is -2.12. The van der Waals surface area contributed by atoms with Gasteiger partial charge in [0.2, 0.25) is 0 Å². The van der Waals surface area contributed by atoms with Crippen LogP contribution in [0.4, 0.5) is 11.4 Å². The van der Waals surface area contributed by atoms with Crippen LogP contribution in [0, 0.1) is 6.92 Å². The second-order valence-electron chi connectivity index (χ2n) is 3.76. The molecular weight excluding hydrogens is 216 g/mol. The molecule has 0 aliphatic rings. The molecule has 5 heteroatoms. The Bertz CT molecular complexity index is 577. The first-order valence-electron chi connectivity index (χ1n) is 5.31. The third-order valence-corrected chi connectivity index (χ3v) is 2.45. The van der Waals surface area contributed by atoms with Crippen LogP contribution in [0.1, 0.15) is 11.3 Å². The minimum Gasteiger partial charge on any atom is -0.353 e. The SMILES string of the molecule is Cc1[nH]c(=O)ncc1Nc1cccc(CN)c1. The Kier molecular flexibility index (Phi) is 3.20. The van der Waals surface area contributed by atoms with Gasteiger partial charge in [-0.3, -0.25) is 0 Å². The molecule has 0 saturated carbocycles. The number of benzene rings is 1. The van der Waals surface area contributed by atoms with Crippen LogP contribution in [0.3, 0.4) is 0 Å². The van der Waals surface area contributed by atoms with Crippen molar-refractivity contribution in [2.45, 2.75) is 13.5 Å². The zero-order valence-corrected chi connectivity index (χ0v) is 9.53. The lowest BCUT2D eigenvalue weighted by Gasteiger charge is -2.09. The van der Waals surface area contributed by atoms with E-state index in [2.05, 4.69) is 15.3 Å². The minimum absolute atomic E-state index is 0.344. The van der Waals surface area contributed by atoms with Crippen molar-refractivity contribution in [2.24, 2.45) is 5.73 Å². The highest BCUT2D eigenvalue weighted by Gasteiger charge is 2.00. The number of nitrogens with zero attached hydrogens (tertiary/aromatic N) is 1. The summed E-state index contributed by atoms with van der Waals surface area (Å²) in [6, 6.07) is 7.79. The molecule has 0 aliphatic heterocycles. The van der Waals surface area contributed by atoms with Crippen LogP contribution in [0.5, 0.6) is 0 Å². The van der Waals surface area contributed by atoms with Gasteiger partial charge >= 0.3 is 5.69 Å². The van der Waals surface area contributed by atoms with Crippen LogP contribution in [-0.4, -0.2) is 9.97 Å². The van der Waals surface area contributed by atoms with Gasteiger partial charge in [0.15, 0.2) is 0 Å². The maximum absolute atomic E-state index is 11.0. The summed E-state index contributed by atoms with van der Waals surface area (Å²) in [6.07, 6.45) is 1.52. The molecule has 5 nitrogen and oxygen atoms in total. The largest absolute Gasteiger partial charge is 0.353 e. The molecule has 0 amide bonds. The highest BCUT2D eigenvalue weighted by Crippen LogP contribution is 2.17. The predicted molar refractivity (Wildman–Crippen MR) is 67.2 cm³/mol. The highest BCUT2D eigenvalue weighted by atomic mass is 16.1. The van der Waals surface area contributed by atoms with E-state index in [0.717, 1.165) is 22.6 Å². The molecule has 0 spiro atoms. The molecule has 1 aromatic carbocycles. The van der Waals surface area contributed by atoms with E-state index in [0.29, 0.717) is 6.54 Å². The molecule has 17 heavy (non-hydrogen) atoms. The molecule has 0 fully saturated rings. The van der Waals surface area contributed by atoms with Gasteiger partial charge in [-0.15, -0.1) is 0 Å². The summed E-state index contributed by atoms with van der Waals surface area (Å²) in [5, 5.41) is 3.19. The third kappa shape index (κ3) is 2.70. The second kappa shape index (κ2) is 4.80. The molecule has 0 saturated heterocycles. The van der Waals surface area contributed by atoms with Gasteiger partial charge in [0.05, 0.1) is 11.9 Å². The van der Waals surface area contributed by atoms with Crippen LogP contribution in [0.15, 0.2) is 35.3 Å². The van der Waals surface area contributed by atoms with Crippen LogP contribution < -0.4 is 16.7 Å². The van der Waals surface area contributed by atoms with Crippen LogP contribution >= 0.6 is 0 Å². The van der Waals surface area contributed by atoms with E-state index in [1.807, 2.05) is 31.2 Å². The molecule has 1 heterocycles. The Morgan fingerprint density at radius 3 is 3.00 bits per heavy atom. The average Bonchev–Trinajstić information content (AvgIpc) is 2.33. The Balaban J connectivity index is 2.28. The Hall–Kier alpha value is -2.14. The summed E-state index contributed by atoms with van der Waals surface area (Å²) in [4.78, 5) is 17.3. The van der Waals surface area contributed by atoms with Crippen molar-refractivity contribution in [1.82, 2.24) is 9.97 Å². The van der Waals surface area contributed by atoms with Crippen LogP contribution in [0.2, 0.25) is 0 Å². The van der Waals surface area contributed by atoms with Crippen molar-refractivity contribution in [3.05, 3.63) is 52.2 Å². The van der Waals surface area contributed by atoms with E-state index in [-0.39, 0.29) is 5.69 Å². The average molecular weight is 230 g/mol. The molecule has 0 radical (unpaired) electrons. The van der Waals surface area contributed by atoms with Crippen molar-refractivity contribution in [2.75, 3.05) is 5.32 Å². The van der Waals surface area contributed by atoms with E-state index >= 15 is 0 Å². The van der Waals surface area contributed by atoms with Crippen molar-refractivity contribution in [3.63, 3.8) is 0 Å². The quantitative estimate of drug-likeness (QED) is 0.741. The monoisotopic (exact) mass is 230 g/mol. The third-order valence-electron chi connectivity index (χ3n) is 2.45. The van der Waals surface area contributed by atoms with E-state index < -0.39 is 0 Å². The number of aromatic nitrogens is 2. The van der Waals surface area contributed by atoms with Crippen molar-refractivity contribution in [3.8, 4) is 0 Å². The van der Waals surface area contributed by atoms with Gasteiger partial charge in [-0.1, -0.05) is 12.1 Å². The van der Waals surface area contributed by atoms with Gasteiger partial charge in [-0.25, -0.2) is 4.79 Å². The van der Waals surface area contributed by atoms with E-state index in [1.165, 1.54) is 6.20 Å². The molecule has 88 valence electrons. The van der Waals surface area contributed by atoms with Crippen molar-refractivity contribution < 1.29 is 0 Å². The summed E-state index contributed by atoms with van der Waals surface area (Å²) in [5.74, 6) is 0. The zero-order valence-electron chi connectivity index (χ0n) is 9.53.